The van der Waals surface area contributed by atoms with Crippen LogP contribution < -0.4 is 0 Å². The molecule has 0 bridgehead atoms. The molecule has 18 heavy (non-hydrogen) atoms. The van der Waals surface area contributed by atoms with Crippen LogP contribution in [-0.4, -0.2) is 12.6 Å². The molecule has 0 unspecified atom stereocenters. The fraction of sp³-hybridized carbons (Fsp3) is 0.812. The topological polar surface area (TPSA) is 26.3 Å². The lowest BCUT2D eigenvalue weighted by atomic mass is 10.1. The molecular formula is C16H30O2. The van der Waals surface area contributed by atoms with E-state index >= 15 is 0 Å². The lowest BCUT2D eigenvalue weighted by Crippen LogP contribution is -2.04. The highest BCUT2D eigenvalue weighted by atomic mass is 16.5. The Kier molecular flexibility index (Phi) is 13.6. The Morgan fingerprint density at radius 3 is 2.22 bits per heavy atom. The molecule has 0 atom stereocenters. The van der Waals surface area contributed by atoms with Gasteiger partial charge in [0.25, 0.3) is 0 Å². The van der Waals surface area contributed by atoms with Crippen molar-refractivity contribution in [3.05, 3.63) is 12.2 Å². The number of carbonyl (C=O) groups excluding carboxylic acids is 1. The molecule has 0 saturated carbocycles. The van der Waals surface area contributed by atoms with Gasteiger partial charge in [0, 0.05) is 6.42 Å². The third-order valence-electron chi connectivity index (χ3n) is 2.87. The van der Waals surface area contributed by atoms with E-state index < -0.39 is 0 Å². The predicted molar refractivity (Wildman–Crippen MR) is 77.6 cm³/mol. The molecule has 0 saturated heterocycles. The molecule has 0 heterocycles. The van der Waals surface area contributed by atoms with Crippen LogP contribution in [0.15, 0.2) is 12.2 Å². The Balaban J connectivity index is 3.11. The first-order chi connectivity index (χ1) is 8.81. The Morgan fingerprint density at radius 2 is 1.56 bits per heavy atom. The molecule has 0 aliphatic carbocycles. The van der Waals surface area contributed by atoms with Gasteiger partial charge < -0.3 is 4.74 Å². The zero-order valence-corrected chi connectivity index (χ0v) is 12.2. The van der Waals surface area contributed by atoms with E-state index in [1.807, 2.05) is 6.92 Å². The van der Waals surface area contributed by atoms with Gasteiger partial charge in [-0.1, -0.05) is 51.7 Å². The van der Waals surface area contributed by atoms with Crippen LogP contribution in [0.3, 0.4) is 0 Å². The van der Waals surface area contributed by atoms with Crippen molar-refractivity contribution in [3.8, 4) is 0 Å². The third-order valence-corrected chi connectivity index (χ3v) is 2.87. The van der Waals surface area contributed by atoms with Crippen LogP contribution in [0.4, 0.5) is 0 Å². The predicted octanol–water partition coefficient (Wildman–Crippen LogP) is 5.03. The monoisotopic (exact) mass is 254 g/mol. The summed E-state index contributed by atoms with van der Waals surface area (Å²) in [5.74, 6) is -0.0450. The molecule has 2 nitrogen and oxygen atoms in total. The molecule has 106 valence electrons. The summed E-state index contributed by atoms with van der Waals surface area (Å²) in [6.07, 6.45) is 15.7. The number of hydrogen-bond donors (Lipinski definition) is 0. The van der Waals surface area contributed by atoms with Gasteiger partial charge in [-0.15, -0.1) is 0 Å². The van der Waals surface area contributed by atoms with Crippen molar-refractivity contribution in [1.82, 2.24) is 0 Å². The van der Waals surface area contributed by atoms with Crippen LogP contribution in [-0.2, 0) is 9.53 Å². The SMILES string of the molecule is CCCC/C=C\CCCCCCOC(=O)CCC. The Bertz CT molecular complexity index is 209. The second-order valence-electron chi connectivity index (χ2n) is 4.79. The van der Waals surface area contributed by atoms with E-state index in [1.54, 1.807) is 0 Å². The molecular weight excluding hydrogens is 224 g/mol. The molecule has 0 rings (SSSR count). The average Bonchev–Trinajstić information content (AvgIpc) is 2.36. The molecule has 0 fully saturated rings. The number of esters is 1. The first-order valence-electron chi connectivity index (χ1n) is 7.61. The van der Waals surface area contributed by atoms with Crippen LogP contribution in [0.2, 0.25) is 0 Å². The van der Waals surface area contributed by atoms with Crippen molar-refractivity contribution in [2.75, 3.05) is 6.61 Å². The third kappa shape index (κ3) is 13.3. The summed E-state index contributed by atoms with van der Waals surface area (Å²) >= 11 is 0. The molecule has 2 heteroatoms. The average molecular weight is 254 g/mol. The highest BCUT2D eigenvalue weighted by Crippen LogP contribution is 2.05. The van der Waals surface area contributed by atoms with Gasteiger partial charge in [0.1, 0.15) is 0 Å². The van der Waals surface area contributed by atoms with E-state index in [0.29, 0.717) is 13.0 Å². The Hall–Kier alpha value is -0.790. The lowest BCUT2D eigenvalue weighted by molar-refractivity contribution is -0.143. The zero-order chi connectivity index (χ0) is 13.5. The van der Waals surface area contributed by atoms with E-state index in [0.717, 1.165) is 12.8 Å². The molecule has 0 aromatic rings. The second kappa shape index (κ2) is 14.3. The first-order valence-corrected chi connectivity index (χ1v) is 7.61. The van der Waals surface area contributed by atoms with Crippen LogP contribution in [0, 0.1) is 0 Å². The number of ether oxygens (including phenoxy) is 1. The fourth-order valence-electron chi connectivity index (χ4n) is 1.74. The van der Waals surface area contributed by atoms with Gasteiger partial charge in [-0.2, -0.15) is 0 Å². The molecule has 0 aromatic heterocycles. The maximum absolute atomic E-state index is 11.1. The minimum absolute atomic E-state index is 0.0450. The molecule has 0 amide bonds. The van der Waals surface area contributed by atoms with Crippen molar-refractivity contribution in [2.24, 2.45) is 0 Å². The van der Waals surface area contributed by atoms with Crippen LogP contribution in [0.1, 0.15) is 78.1 Å². The van der Waals surface area contributed by atoms with Gasteiger partial charge in [0.2, 0.25) is 0 Å². The summed E-state index contributed by atoms with van der Waals surface area (Å²) in [7, 11) is 0. The van der Waals surface area contributed by atoms with Crippen molar-refractivity contribution in [1.29, 1.82) is 0 Å². The van der Waals surface area contributed by atoms with Gasteiger partial charge >= 0.3 is 5.97 Å². The standard InChI is InChI=1S/C16H30O2/c1-3-5-6-7-8-9-10-11-12-13-15-18-16(17)14-4-2/h7-8H,3-6,9-15H2,1-2H3/b8-7-. The minimum atomic E-state index is -0.0450. The number of unbranched alkanes of at least 4 members (excludes halogenated alkanes) is 6. The number of carbonyl (C=O) groups is 1. The Labute approximate surface area is 113 Å². The van der Waals surface area contributed by atoms with Crippen LogP contribution in [0.5, 0.6) is 0 Å². The summed E-state index contributed by atoms with van der Waals surface area (Å²) in [6, 6.07) is 0. The number of hydrogen-bond acceptors (Lipinski definition) is 2. The van der Waals surface area contributed by atoms with Gasteiger partial charge in [0.05, 0.1) is 6.61 Å². The second-order valence-corrected chi connectivity index (χ2v) is 4.79. The van der Waals surface area contributed by atoms with E-state index in [4.69, 9.17) is 4.74 Å². The summed E-state index contributed by atoms with van der Waals surface area (Å²) in [5, 5.41) is 0. The number of allylic oxidation sites excluding steroid dienone is 2. The van der Waals surface area contributed by atoms with Crippen molar-refractivity contribution < 1.29 is 9.53 Å². The minimum Gasteiger partial charge on any atom is -0.466 e. The maximum atomic E-state index is 11.1. The van der Waals surface area contributed by atoms with Crippen molar-refractivity contribution >= 4 is 5.97 Å². The molecule has 0 spiro atoms. The smallest absolute Gasteiger partial charge is 0.305 e. The first kappa shape index (κ1) is 17.2. The molecule has 0 aliphatic heterocycles. The van der Waals surface area contributed by atoms with Crippen molar-refractivity contribution in [3.63, 3.8) is 0 Å². The largest absolute Gasteiger partial charge is 0.466 e. The quantitative estimate of drug-likeness (QED) is 0.277. The number of rotatable bonds is 12. The van der Waals surface area contributed by atoms with Gasteiger partial charge in [-0.25, -0.2) is 0 Å². The molecule has 0 aliphatic rings. The summed E-state index contributed by atoms with van der Waals surface area (Å²) in [5.41, 5.74) is 0. The Morgan fingerprint density at radius 1 is 0.889 bits per heavy atom. The summed E-state index contributed by atoms with van der Waals surface area (Å²) < 4.78 is 5.10. The van der Waals surface area contributed by atoms with Crippen LogP contribution >= 0.6 is 0 Å². The van der Waals surface area contributed by atoms with E-state index in [-0.39, 0.29) is 5.97 Å². The molecule has 0 aromatic carbocycles. The fourth-order valence-corrected chi connectivity index (χ4v) is 1.74. The molecule has 0 N–H and O–H groups in total. The highest BCUT2D eigenvalue weighted by Gasteiger charge is 1.99. The van der Waals surface area contributed by atoms with Crippen LogP contribution in [0.25, 0.3) is 0 Å². The summed E-state index contributed by atoms with van der Waals surface area (Å²) in [4.78, 5) is 11.1. The molecule has 0 radical (unpaired) electrons. The van der Waals surface area contributed by atoms with E-state index in [2.05, 4.69) is 19.1 Å². The maximum Gasteiger partial charge on any atom is 0.305 e. The van der Waals surface area contributed by atoms with Gasteiger partial charge in [0.15, 0.2) is 0 Å². The summed E-state index contributed by atoms with van der Waals surface area (Å²) in [6.45, 7) is 4.82. The van der Waals surface area contributed by atoms with E-state index in [9.17, 15) is 4.79 Å². The van der Waals surface area contributed by atoms with Crippen molar-refractivity contribution in [2.45, 2.75) is 78.1 Å². The lowest BCUT2D eigenvalue weighted by Gasteiger charge is -2.03. The van der Waals surface area contributed by atoms with E-state index in [1.165, 1.54) is 44.9 Å². The highest BCUT2D eigenvalue weighted by molar-refractivity contribution is 5.69. The zero-order valence-electron chi connectivity index (χ0n) is 12.2. The van der Waals surface area contributed by atoms with Gasteiger partial charge in [-0.05, 0) is 32.1 Å². The van der Waals surface area contributed by atoms with Gasteiger partial charge in [-0.3, -0.25) is 4.79 Å². The normalized spacial score (nSPS) is 11.0.